The number of amides is 2. The number of carbonyl (C=O) groups excluding carboxylic acids is 1. The first-order valence-corrected chi connectivity index (χ1v) is 6.04. The van der Waals surface area contributed by atoms with Crippen LogP contribution in [0.4, 0.5) is 14.9 Å². The van der Waals surface area contributed by atoms with Crippen molar-refractivity contribution in [2.24, 2.45) is 0 Å². The highest BCUT2D eigenvalue weighted by molar-refractivity contribution is 6.00. The average molecular weight is 284 g/mol. The third-order valence-electron chi connectivity index (χ3n) is 2.61. The van der Waals surface area contributed by atoms with Gasteiger partial charge in [0.15, 0.2) is 0 Å². The third kappa shape index (κ3) is 4.51. The van der Waals surface area contributed by atoms with Crippen molar-refractivity contribution in [1.29, 1.82) is 0 Å². The maximum Gasteiger partial charge on any atom is 0.340 e. The molecule has 0 aliphatic heterocycles. The molecule has 0 aromatic heterocycles. The summed E-state index contributed by atoms with van der Waals surface area (Å²) in [6.45, 7) is 2.27. The number of rotatable bonds is 6. The summed E-state index contributed by atoms with van der Waals surface area (Å²) in [4.78, 5) is 22.7. The number of nitrogens with one attached hydrogen (secondary N) is 2. The SMILES string of the molecule is COCCC(C)NC(=O)Nc1cccc(F)c1C(=O)O. The Morgan fingerprint density at radius 1 is 1.45 bits per heavy atom. The molecule has 0 saturated heterocycles. The van der Waals surface area contributed by atoms with Crippen LogP contribution < -0.4 is 10.6 Å². The van der Waals surface area contributed by atoms with Gasteiger partial charge in [-0.05, 0) is 25.5 Å². The summed E-state index contributed by atoms with van der Waals surface area (Å²) in [5, 5.41) is 13.9. The molecule has 6 nitrogen and oxygen atoms in total. The molecule has 0 fully saturated rings. The molecular weight excluding hydrogens is 267 g/mol. The van der Waals surface area contributed by atoms with E-state index in [0.29, 0.717) is 13.0 Å². The van der Waals surface area contributed by atoms with E-state index in [0.717, 1.165) is 6.07 Å². The molecule has 2 amide bonds. The van der Waals surface area contributed by atoms with Crippen LogP contribution in [-0.2, 0) is 4.74 Å². The van der Waals surface area contributed by atoms with Crippen molar-refractivity contribution in [3.63, 3.8) is 0 Å². The highest BCUT2D eigenvalue weighted by Gasteiger charge is 2.17. The quantitative estimate of drug-likeness (QED) is 0.746. The van der Waals surface area contributed by atoms with Crippen LogP contribution in [0.5, 0.6) is 0 Å². The predicted octanol–water partition coefficient (Wildman–Crippen LogP) is 2.07. The van der Waals surface area contributed by atoms with E-state index in [1.807, 2.05) is 0 Å². The molecule has 0 spiro atoms. The number of ether oxygens (including phenoxy) is 1. The van der Waals surface area contributed by atoms with E-state index in [1.54, 1.807) is 14.0 Å². The number of methoxy groups -OCH3 is 1. The number of hydrogen-bond donors (Lipinski definition) is 3. The van der Waals surface area contributed by atoms with Gasteiger partial charge in [0.1, 0.15) is 11.4 Å². The lowest BCUT2D eigenvalue weighted by atomic mass is 10.1. The topological polar surface area (TPSA) is 87.7 Å². The molecule has 0 radical (unpaired) electrons. The van der Waals surface area contributed by atoms with E-state index in [2.05, 4.69) is 10.6 Å². The molecular formula is C13H17FN2O4. The van der Waals surface area contributed by atoms with Crippen molar-refractivity contribution in [3.8, 4) is 0 Å². The zero-order chi connectivity index (χ0) is 15.1. The van der Waals surface area contributed by atoms with Gasteiger partial charge >= 0.3 is 12.0 Å². The first-order valence-electron chi connectivity index (χ1n) is 6.04. The fourth-order valence-corrected chi connectivity index (χ4v) is 1.59. The second-order valence-electron chi connectivity index (χ2n) is 4.25. The van der Waals surface area contributed by atoms with Crippen LogP contribution in [0.15, 0.2) is 18.2 Å². The van der Waals surface area contributed by atoms with Gasteiger partial charge < -0.3 is 20.5 Å². The van der Waals surface area contributed by atoms with Crippen molar-refractivity contribution in [1.82, 2.24) is 5.32 Å². The average Bonchev–Trinajstić information content (AvgIpc) is 2.35. The van der Waals surface area contributed by atoms with Gasteiger partial charge in [-0.1, -0.05) is 6.07 Å². The van der Waals surface area contributed by atoms with E-state index in [4.69, 9.17) is 9.84 Å². The molecule has 20 heavy (non-hydrogen) atoms. The van der Waals surface area contributed by atoms with Crippen LogP contribution in [0.3, 0.4) is 0 Å². The molecule has 3 N–H and O–H groups in total. The van der Waals surface area contributed by atoms with Crippen LogP contribution in [0.2, 0.25) is 0 Å². The number of hydrogen-bond acceptors (Lipinski definition) is 3. The maximum absolute atomic E-state index is 13.4. The number of carboxylic acids is 1. The van der Waals surface area contributed by atoms with Crippen LogP contribution in [0, 0.1) is 5.82 Å². The molecule has 0 saturated carbocycles. The zero-order valence-electron chi connectivity index (χ0n) is 11.3. The van der Waals surface area contributed by atoms with Gasteiger partial charge in [0, 0.05) is 19.8 Å². The second-order valence-corrected chi connectivity index (χ2v) is 4.25. The Morgan fingerprint density at radius 3 is 2.75 bits per heavy atom. The fourth-order valence-electron chi connectivity index (χ4n) is 1.59. The molecule has 1 aromatic carbocycles. The van der Waals surface area contributed by atoms with Gasteiger partial charge in [-0.3, -0.25) is 0 Å². The fraction of sp³-hybridized carbons (Fsp3) is 0.385. The summed E-state index contributed by atoms with van der Waals surface area (Å²) in [6, 6.07) is 2.92. The van der Waals surface area contributed by atoms with Crippen molar-refractivity contribution < 1.29 is 23.8 Å². The summed E-state index contributed by atoms with van der Waals surface area (Å²) in [6.07, 6.45) is 0.610. The number of benzene rings is 1. The Kier molecular flexibility index (Phi) is 5.92. The molecule has 1 atom stereocenters. The highest BCUT2D eigenvalue weighted by atomic mass is 19.1. The van der Waals surface area contributed by atoms with Gasteiger partial charge in [0.25, 0.3) is 0 Å². The molecule has 1 rings (SSSR count). The minimum Gasteiger partial charge on any atom is -0.478 e. The first kappa shape index (κ1) is 15.9. The Labute approximate surface area is 115 Å². The van der Waals surface area contributed by atoms with E-state index in [1.165, 1.54) is 12.1 Å². The largest absolute Gasteiger partial charge is 0.478 e. The standard InChI is InChI=1S/C13H17FN2O4/c1-8(6-7-20-2)15-13(19)16-10-5-3-4-9(14)11(10)12(17)18/h3-5,8H,6-7H2,1-2H3,(H,17,18)(H2,15,16,19). The Balaban J connectivity index is 2.71. The van der Waals surface area contributed by atoms with Gasteiger partial charge in [-0.15, -0.1) is 0 Å². The molecule has 7 heteroatoms. The predicted molar refractivity (Wildman–Crippen MR) is 71.5 cm³/mol. The van der Waals surface area contributed by atoms with Crippen LogP contribution in [0.25, 0.3) is 0 Å². The first-order chi connectivity index (χ1) is 9.45. The lowest BCUT2D eigenvalue weighted by molar-refractivity contribution is 0.0693. The van der Waals surface area contributed by atoms with Gasteiger partial charge in [0.2, 0.25) is 0 Å². The van der Waals surface area contributed by atoms with Gasteiger partial charge in [0.05, 0.1) is 5.69 Å². The van der Waals surface area contributed by atoms with Gasteiger partial charge in [-0.2, -0.15) is 0 Å². The Bertz CT molecular complexity index is 493. The lowest BCUT2D eigenvalue weighted by Crippen LogP contribution is -2.37. The van der Waals surface area contributed by atoms with E-state index < -0.39 is 23.4 Å². The number of halogens is 1. The van der Waals surface area contributed by atoms with E-state index in [9.17, 15) is 14.0 Å². The second kappa shape index (κ2) is 7.44. The maximum atomic E-state index is 13.4. The van der Waals surface area contributed by atoms with Crippen LogP contribution >= 0.6 is 0 Å². The minimum atomic E-state index is -1.44. The number of carbonyl (C=O) groups is 2. The molecule has 0 bridgehead atoms. The number of urea groups is 1. The zero-order valence-corrected chi connectivity index (χ0v) is 11.3. The normalized spacial score (nSPS) is 11.8. The van der Waals surface area contributed by atoms with Crippen molar-refractivity contribution >= 4 is 17.7 Å². The number of carboxylic acid groups (broad SMARTS) is 1. The molecule has 0 aliphatic carbocycles. The van der Waals surface area contributed by atoms with Crippen molar-refractivity contribution in [2.45, 2.75) is 19.4 Å². The summed E-state index contributed by atoms with van der Waals surface area (Å²) < 4.78 is 18.3. The minimum absolute atomic E-state index is 0.0889. The number of aromatic carboxylic acids is 1. The highest BCUT2D eigenvalue weighted by Crippen LogP contribution is 2.18. The summed E-state index contributed by atoms with van der Waals surface area (Å²) >= 11 is 0. The summed E-state index contributed by atoms with van der Waals surface area (Å²) in [5.74, 6) is -2.34. The molecule has 1 unspecified atom stereocenters. The smallest absolute Gasteiger partial charge is 0.340 e. The van der Waals surface area contributed by atoms with Crippen molar-refractivity contribution in [3.05, 3.63) is 29.6 Å². The van der Waals surface area contributed by atoms with E-state index >= 15 is 0 Å². The van der Waals surface area contributed by atoms with Crippen LogP contribution in [-0.4, -0.2) is 36.9 Å². The third-order valence-corrected chi connectivity index (χ3v) is 2.61. The summed E-state index contributed by atoms with van der Waals surface area (Å²) in [7, 11) is 1.55. The molecule has 1 aromatic rings. The molecule has 110 valence electrons. The van der Waals surface area contributed by atoms with E-state index in [-0.39, 0.29) is 11.7 Å². The van der Waals surface area contributed by atoms with Crippen molar-refractivity contribution in [2.75, 3.05) is 19.0 Å². The summed E-state index contributed by atoms with van der Waals surface area (Å²) in [5.41, 5.74) is -0.652. The van der Waals surface area contributed by atoms with Gasteiger partial charge in [-0.25, -0.2) is 14.0 Å². The molecule has 0 aliphatic rings. The number of anilines is 1. The molecule has 0 heterocycles. The van der Waals surface area contributed by atoms with Crippen LogP contribution in [0.1, 0.15) is 23.7 Å². The lowest BCUT2D eigenvalue weighted by Gasteiger charge is -2.15. The Hall–Kier alpha value is -2.15. The monoisotopic (exact) mass is 284 g/mol. The Morgan fingerprint density at radius 2 is 2.15 bits per heavy atom.